The van der Waals surface area contributed by atoms with E-state index in [9.17, 15) is 4.79 Å². The second kappa shape index (κ2) is 8.44. The molecule has 1 amide bonds. The van der Waals surface area contributed by atoms with E-state index in [1.165, 1.54) is 12.8 Å². The van der Waals surface area contributed by atoms with Crippen molar-refractivity contribution in [2.75, 3.05) is 36.5 Å². The summed E-state index contributed by atoms with van der Waals surface area (Å²) in [7, 11) is 0. The predicted octanol–water partition coefficient (Wildman–Crippen LogP) is 4.10. The van der Waals surface area contributed by atoms with Crippen molar-refractivity contribution in [3.8, 4) is 5.75 Å². The molecule has 0 spiro atoms. The molecule has 1 atom stereocenters. The lowest BCUT2D eigenvalue weighted by molar-refractivity contribution is 0.0679. The third-order valence-electron chi connectivity index (χ3n) is 5.18. The number of ether oxygens (including phenoxy) is 2. The maximum Gasteiger partial charge on any atom is 0.255 e. The highest BCUT2D eigenvalue weighted by Crippen LogP contribution is 2.29. The Balaban J connectivity index is 1.38. The molecule has 0 saturated carbocycles. The molecule has 1 N–H and O–H groups in total. The Kier molecular flexibility index (Phi) is 5.58. The minimum atomic E-state index is -0.104. The molecule has 2 aliphatic rings. The largest absolute Gasteiger partial charge is 0.491 e. The molecule has 2 saturated heterocycles. The maximum atomic E-state index is 12.7. The summed E-state index contributed by atoms with van der Waals surface area (Å²) in [4.78, 5) is 15.0. The third kappa shape index (κ3) is 4.42. The molecule has 2 aromatic carbocycles. The lowest BCUT2D eigenvalue weighted by Gasteiger charge is -2.21. The lowest BCUT2D eigenvalue weighted by atomic mass is 10.2. The van der Waals surface area contributed by atoms with Crippen LogP contribution in [0.15, 0.2) is 48.5 Å². The van der Waals surface area contributed by atoms with Gasteiger partial charge in [-0.1, -0.05) is 12.1 Å². The van der Waals surface area contributed by atoms with E-state index in [-0.39, 0.29) is 12.0 Å². The second-order valence-electron chi connectivity index (χ2n) is 7.14. The molecule has 0 unspecified atom stereocenters. The molecule has 4 rings (SSSR count). The normalized spacial score (nSPS) is 19.3. The van der Waals surface area contributed by atoms with Crippen molar-refractivity contribution < 1.29 is 14.3 Å². The van der Waals surface area contributed by atoms with Gasteiger partial charge in [-0.05, 0) is 62.1 Å². The van der Waals surface area contributed by atoms with Crippen molar-refractivity contribution in [1.82, 2.24) is 0 Å². The molecule has 0 aliphatic carbocycles. The van der Waals surface area contributed by atoms with Crippen molar-refractivity contribution in [1.29, 1.82) is 0 Å². The summed E-state index contributed by atoms with van der Waals surface area (Å²) in [5.74, 6) is 0.659. The number of amides is 1. The van der Waals surface area contributed by atoms with Crippen LogP contribution in [0.2, 0.25) is 0 Å². The highest BCUT2D eigenvalue weighted by molar-refractivity contribution is 6.06. The fourth-order valence-electron chi connectivity index (χ4n) is 3.68. The van der Waals surface area contributed by atoms with E-state index >= 15 is 0 Å². The Bertz CT molecular complexity index is 763. The Morgan fingerprint density at radius 1 is 1.07 bits per heavy atom. The van der Waals surface area contributed by atoms with Crippen LogP contribution in [0.3, 0.4) is 0 Å². The summed E-state index contributed by atoms with van der Waals surface area (Å²) < 4.78 is 11.3. The molecule has 0 radical (unpaired) electrons. The highest BCUT2D eigenvalue weighted by atomic mass is 16.5. The van der Waals surface area contributed by atoms with Crippen LogP contribution in [-0.2, 0) is 4.74 Å². The van der Waals surface area contributed by atoms with E-state index in [0.29, 0.717) is 12.2 Å². The summed E-state index contributed by atoms with van der Waals surface area (Å²) in [5.41, 5.74) is 2.58. The first-order valence-corrected chi connectivity index (χ1v) is 9.79. The van der Waals surface area contributed by atoms with Gasteiger partial charge in [-0.2, -0.15) is 0 Å². The Hall–Kier alpha value is -2.53. The standard InChI is InChI=1S/C22H26N2O3/c25-22(23-20-7-1-2-8-21(20)24-13-3-4-14-24)17-9-11-18(12-10-17)27-16-19-6-5-15-26-19/h1-2,7-12,19H,3-6,13-16H2,(H,23,25)/t19-/m0/s1. The van der Waals surface area contributed by atoms with E-state index in [1.54, 1.807) is 12.1 Å². The number of para-hydroxylation sites is 2. The first kappa shape index (κ1) is 17.9. The molecule has 5 heteroatoms. The van der Waals surface area contributed by atoms with Crippen molar-refractivity contribution in [2.45, 2.75) is 31.8 Å². The Labute approximate surface area is 160 Å². The van der Waals surface area contributed by atoms with Gasteiger partial charge in [0.1, 0.15) is 12.4 Å². The van der Waals surface area contributed by atoms with Gasteiger partial charge in [0.25, 0.3) is 5.91 Å². The molecule has 0 aromatic heterocycles. The predicted molar refractivity (Wildman–Crippen MR) is 107 cm³/mol. The van der Waals surface area contributed by atoms with Crippen LogP contribution in [0.5, 0.6) is 5.75 Å². The second-order valence-corrected chi connectivity index (χ2v) is 7.14. The maximum absolute atomic E-state index is 12.7. The first-order valence-electron chi connectivity index (χ1n) is 9.79. The quantitative estimate of drug-likeness (QED) is 0.836. The Morgan fingerprint density at radius 3 is 2.59 bits per heavy atom. The van der Waals surface area contributed by atoms with Crippen LogP contribution in [0.25, 0.3) is 0 Å². The lowest BCUT2D eigenvalue weighted by Crippen LogP contribution is -2.21. The molecular weight excluding hydrogens is 340 g/mol. The Morgan fingerprint density at radius 2 is 1.85 bits per heavy atom. The SMILES string of the molecule is O=C(Nc1ccccc1N1CCCC1)c1ccc(OC[C@@H]2CCCO2)cc1. The van der Waals surface area contributed by atoms with Gasteiger partial charge in [0.05, 0.1) is 17.5 Å². The van der Waals surface area contributed by atoms with Crippen LogP contribution in [0, 0.1) is 0 Å². The number of hydrogen-bond donors (Lipinski definition) is 1. The van der Waals surface area contributed by atoms with Gasteiger partial charge in [-0.15, -0.1) is 0 Å². The van der Waals surface area contributed by atoms with Gasteiger partial charge < -0.3 is 19.7 Å². The molecule has 2 aromatic rings. The summed E-state index contributed by atoms with van der Waals surface area (Å²) in [6.45, 7) is 3.48. The summed E-state index contributed by atoms with van der Waals surface area (Å²) in [6.07, 6.45) is 4.75. The van der Waals surface area contributed by atoms with Gasteiger partial charge >= 0.3 is 0 Å². The zero-order valence-electron chi connectivity index (χ0n) is 15.5. The fraction of sp³-hybridized carbons (Fsp3) is 0.409. The number of hydrogen-bond acceptors (Lipinski definition) is 4. The summed E-state index contributed by atoms with van der Waals surface area (Å²) >= 11 is 0. The van der Waals surface area contributed by atoms with Crippen LogP contribution in [-0.4, -0.2) is 38.3 Å². The average Bonchev–Trinajstić information content (AvgIpc) is 3.41. The number of carbonyl (C=O) groups is 1. The van der Waals surface area contributed by atoms with Gasteiger partial charge in [0.15, 0.2) is 0 Å². The van der Waals surface area contributed by atoms with Crippen LogP contribution in [0.4, 0.5) is 11.4 Å². The van der Waals surface area contributed by atoms with E-state index in [4.69, 9.17) is 9.47 Å². The topological polar surface area (TPSA) is 50.8 Å². The molecule has 0 bridgehead atoms. The van der Waals surface area contributed by atoms with Gasteiger partial charge in [-0.25, -0.2) is 0 Å². The number of nitrogens with one attached hydrogen (secondary N) is 1. The molecule has 2 aliphatic heterocycles. The van der Waals surface area contributed by atoms with E-state index < -0.39 is 0 Å². The van der Waals surface area contributed by atoms with Crippen LogP contribution < -0.4 is 15.0 Å². The van der Waals surface area contributed by atoms with Gasteiger partial charge in [0.2, 0.25) is 0 Å². The average molecular weight is 366 g/mol. The van der Waals surface area contributed by atoms with Gasteiger partial charge in [-0.3, -0.25) is 4.79 Å². The number of nitrogens with zero attached hydrogens (tertiary/aromatic N) is 1. The molecule has 5 nitrogen and oxygen atoms in total. The molecule has 2 heterocycles. The van der Waals surface area contributed by atoms with Crippen molar-refractivity contribution >= 4 is 17.3 Å². The molecule has 2 fully saturated rings. The number of carbonyl (C=O) groups excluding carboxylic acids is 1. The smallest absolute Gasteiger partial charge is 0.255 e. The monoisotopic (exact) mass is 366 g/mol. The van der Waals surface area contributed by atoms with Crippen molar-refractivity contribution in [3.63, 3.8) is 0 Å². The summed E-state index contributed by atoms with van der Waals surface area (Å²) in [6, 6.07) is 15.3. The third-order valence-corrected chi connectivity index (χ3v) is 5.18. The number of anilines is 2. The summed E-state index contributed by atoms with van der Waals surface area (Å²) in [5, 5.41) is 3.06. The fourth-order valence-corrected chi connectivity index (χ4v) is 3.68. The number of benzene rings is 2. The molecule has 142 valence electrons. The first-order chi connectivity index (χ1) is 13.3. The van der Waals surface area contributed by atoms with E-state index in [1.807, 2.05) is 30.3 Å². The minimum absolute atomic E-state index is 0.104. The van der Waals surface area contributed by atoms with Crippen LogP contribution in [0.1, 0.15) is 36.0 Å². The van der Waals surface area contributed by atoms with Gasteiger partial charge in [0, 0.05) is 25.3 Å². The molecule has 27 heavy (non-hydrogen) atoms. The minimum Gasteiger partial charge on any atom is -0.491 e. The highest BCUT2D eigenvalue weighted by Gasteiger charge is 2.18. The van der Waals surface area contributed by atoms with Crippen molar-refractivity contribution in [2.24, 2.45) is 0 Å². The number of rotatable bonds is 6. The zero-order valence-corrected chi connectivity index (χ0v) is 15.5. The molecular formula is C22H26N2O3. The van der Waals surface area contributed by atoms with Crippen molar-refractivity contribution in [3.05, 3.63) is 54.1 Å². The van der Waals surface area contributed by atoms with Crippen LogP contribution >= 0.6 is 0 Å². The van der Waals surface area contributed by atoms with E-state index in [2.05, 4.69) is 16.3 Å². The van der Waals surface area contributed by atoms with E-state index in [0.717, 1.165) is 49.7 Å². The zero-order chi connectivity index (χ0) is 18.5.